The van der Waals surface area contributed by atoms with Crippen LogP contribution in [0.15, 0.2) is 30.2 Å². The highest BCUT2D eigenvalue weighted by atomic mass is 35.5. The Bertz CT molecular complexity index is 776. The number of amides is 2. The number of nitrogens with zero attached hydrogens (tertiary/aromatic N) is 1. The highest BCUT2D eigenvalue weighted by Gasteiger charge is 2.25. The highest BCUT2D eigenvalue weighted by Crippen LogP contribution is 2.27. The normalized spacial score (nSPS) is 15.3. The number of ether oxygens (including phenoxy) is 1. The third kappa shape index (κ3) is 5.72. The molecule has 1 aliphatic heterocycles. The zero-order valence-corrected chi connectivity index (χ0v) is 15.6. The minimum Gasteiger partial charge on any atom is -0.482 e. The Balaban J connectivity index is 1.86. The fourth-order valence-corrected chi connectivity index (χ4v) is 3.53. The van der Waals surface area contributed by atoms with Crippen molar-refractivity contribution in [1.29, 1.82) is 0 Å². The van der Waals surface area contributed by atoms with Gasteiger partial charge in [-0.2, -0.15) is 0 Å². The summed E-state index contributed by atoms with van der Waals surface area (Å²) in [5, 5.41) is 3.76. The van der Waals surface area contributed by atoms with Gasteiger partial charge in [0, 0.05) is 29.6 Å². The van der Waals surface area contributed by atoms with Crippen LogP contribution in [0.4, 0.5) is 5.69 Å². The van der Waals surface area contributed by atoms with Gasteiger partial charge in [-0.15, -0.1) is 0 Å². The van der Waals surface area contributed by atoms with E-state index in [1.807, 2.05) is 0 Å². The van der Waals surface area contributed by atoms with Gasteiger partial charge >= 0.3 is 0 Å². The number of sulfonamides is 1. The molecule has 2 N–H and O–H groups in total. The second-order valence-electron chi connectivity index (χ2n) is 5.68. The lowest BCUT2D eigenvalue weighted by atomic mass is 10.1. The van der Waals surface area contributed by atoms with Gasteiger partial charge in [0.05, 0.1) is 5.69 Å². The van der Waals surface area contributed by atoms with Crippen molar-refractivity contribution in [2.45, 2.75) is 18.9 Å². The molecule has 1 fully saturated rings. The molecule has 0 radical (unpaired) electrons. The van der Waals surface area contributed by atoms with Gasteiger partial charge in [0.1, 0.15) is 5.75 Å². The first-order chi connectivity index (χ1) is 12.3. The lowest BCUT2D eigenvalue weighted by Crippen LogP contribution is -2.47. The van der Waals surface area contributed by atoms with Crippen LogP contribution < -0.4 is 14.8 Å². The number of hydrogen-bond donors (Lipinski definition) is 2. The van der Waals surface area contributed by atoms with Gasteiger partial charge in [-0.25, -0.2) is 13.1 Å². The van der Waals surface area contributed by atoms with Crippen LogP contribution in [0.2, 0.25) is 5.02 Å². The first-order valence-electron chi connectivity index (χ1n) is 7.89. The van der Waals surface area contributed by atoms with E-state index in [1.54, 1.807) is 17.0 Å². The fraction of sp³-hybridized carbons (Fsp3) is 0.375. The Kier molecular flexibility index (Phi) is 7.01. The molecule has 0 aliphatic carbocycles. The summed E-state index contributed by atoms with van der Waals surface area (Å²) in [6.07, 6.45) is 1.52. The highest BCUT2D eigenvalue weighted by molar-refractivity contribution is 7.92. The average molecular weight is 402 g/mol. The smallest absolute Gasteiger partial charge is 0.260 e. The zero-order valence-electron chi connectivity index (χ0n) is 14.0. The molecule has 8 nitrogen and oxygen atoms in total. The third-order valence-electron chi connectivity index (χ3n) is 3.91. The molecule has 1 heterocycles. The third-order valence-corrected chi connectivity index (χ3v) is 5.24. The predicted molar refractivity (Wildman–Crippen MR) is 98.5 cm³/mol. The van der Waals surface area contributed by atoms with E-state index in [0.29, 0.717) is 48.8 Å². The predicted octanol–water partition coefficient (Wildman–Crippen LogP) is 1.34. The number of likely N-dealkylation sites (tertiary alicyclic amines) is 1. The maximum absolute atomic E-state index is 12.3. The van der Waals surface area contributed by atoms with Crippen molar-refractivity contribution in [1.82, 2.24) is 9.62 Å². The Morgan fingerprint density at radius 1 is 1.38 bits per heavy atom. The van der Waals surface area contributed by atoms with Crippen molar-refractivity contribution < 1.29 is 22.7 Å². The first-order valence-corrected chi connectivity index (χ1v) is 9.82. The lowest BCUT2D eigenvalue weighted by molar-refractivity contribution is -0.134. The van der Waals surface area contributed by atoms with Gasteiger partial charge in [-0.3, -0.25) is 9.59 Å². The lowest BCUT2D eigenvalue weighted by Gasteiger charge is -2.32. The fourth-order valence-electron chi connectivity index (χ4n) is 2.56. The van der Waals surface area contributed by atoms with Gasteiger partial charge in [-0.05, 0) is 31.0 Å². The first kappa shape index (κ1) is 20.2. The number of benzene rings is 1. The van der Waals surface area contributed by atoms with E-state index in [4.69, 9.17) is 16.3 Å². The van der Waals surface area contributed by atoms with Crippen LogP contribution in [-0.2, 0) is 19.6 Å². The topological polar surface area (TPSA) is 105 Å². The van der Waals surface area contributed by atoms with Crippen LogP contribution in [0, 0.1) is 0 Å². The summed E-state index contributed by atoms with van der Waals surface area (Å²) in [5.41, 5.74) is 0.373. The molecule has 0 saturated carbocycles. The number of nitrogens with one attached hydrogen (secondary N) is 2. The van der Waals surface area contributed by atoms with Gasteiger partial charge in [0.25, 0.3) is 5.91 Å². The number of halogens is 1. The second-order valence-corrected chi connectivity index (χ2v) is 7.77. The minimum atomic E-state index is -3.48. The van der Waals surface area contributed by atoms with Gasteiger partial charge < -0.3 is 15.0 Å². The molecule has 1 aromatic rings. The molecule has 142 valence electrons. The van der Waals surface area contributed by atoms with Crippen LogP contribution in [0.3, 0.4) is 0 Å². The van der Waals surface area contributed by atoms with Crippen LogP contribution in [0.25, 0.3) is 0 Å². The molecule has 0 aromatic heterocycles. The van der Waals surface area contributed by atoms with E-state index in [1.165, 1.54) is 6.07 Å². The van der Waals surface area contributed by atoms with Crippen molar-refractivity contribution in [3.8, 4) is 5.75 Å². The number of anilines is 1. The number of piperidine rings is 1. The maximum Gasteiger partial charge on any atom is 0.260 e. The summed E-state index contributed by atoms with van der Waals surface area (Å²) in [6.45, 7) is 3.90. The summed E-state index contributed by atoms with van der Waals surface area (Å²) >= 11 is 5.87. The van der Waals surface area contributed by atoms with Crippen LogP contribution in [-0.4, -0.2) is 51.4 Å². The number of carbonyl (C=O) groups is 2. The summed E-state index contributed by atoms with van der Waals surface area (Å²) < 4.78 is 31.0. The van der Waals surface area contributed by atoms with Crippen molar-refractivity contribution in [3.63, 3.8) is 0 Å². The molecule has 1 aliphatic rings. The number of hydrogen-bond acceptors (Lipinski definition) is 5. The standard InChI is InChI=1S/C16H20ClN3O5S/c1-2-26(23,24)19-13-5-7-20(8-6-13)16(22)10-25-15-4-3-12(17)9-14(15)18-11-21/h2-4,9,11,13,19H,1,5-8,10H2,(H,18,21). The van der Waals surface area contributed by atoms with E-state index < -0.39 is 10.0 Å². The molecular formula is C16H20ClN3O5S. The summed E-state index contributed by atoms with van der Waals surface area (Å²) in [7, 11) is -3.48. The molecule has 1 aromatic carbocycles. The van der Waals surface area contributed by atoms with Crippen molar-refractivity contribution >= 4 is 39.6 Å². The van der Waals surface area contributed by atoms with Gasteiger partial charge in [0.2, 0.25) is 16.4 Å². The Morgan fingerprint density at radius 2 is 2.08 bits per heavy atom. The van der Waals surface area contributed by atoms with E-state index in [2.05, 4.69) is 16.6 Å². The molecule has 0 spiro atoms. The number of carbonyl (C=O) groups excluding carboxylic acids is 2. The largest absolute Gasteiger partial charge is 0.482 e. The molecule has 0 atom stereocenters. The molecule has 0 unspecified atom stereocenters. The molecule has 2 amide bonds. The monoisotopic (exact) mass is 401 g/mol. The molecular weight excluding hydrogens is 382 g/mol. The molecule has 1 saturated heterocycles. The van der Waals surface area contributed by atoms with Crippen LogP contribution in [0.1, 0.15) is 12.8 Å². The molecule has 0 bridgehead atoms. The van der Waals surface area contributed by atoms with E-state index in [9.17, 15) is 18.0 Å². The Morgan fingerprint density at radius 3 is 2.69 bits per heavy atom. The van der Waals surface area contributed by atoms with Crippen LogP contribution >= 0.6 is 11.6 Å². The molecule has 26 heavy (non-hydrogen) atoms. The molecule has 10 heteroatoms. The quantitative estimate of drug-likeness (QED) is 0.639. The van der Waals surface area contributed by atoms with Gasteiger partial charge in [0.15, 0.2) is 6.61 Å². The Labute approximate surface area is 157 Å². The van der Waals surface area contributed by atoms with Crippen LogP contribution in [0.5, 0.6) is 5.75 Å². The minimum absolute atomic E-state index is 0.196. The Hall–Kier alpha value is -2.10. The SMILES string of the molecule is C=CS(=O)(=O)NC1CCN(C(=O)COc2ccc(Cl)cc2NC=O)CC1. The van der Waals surface area contributed by atoms with Crippen molar-refractivity contribution in [2.75, 3.05) is 25.0 Å². The zero-order chi connectivity index (χ0) is 19.2. The average Bonchev–Trinajstić information content (AvgIpc) is 2.61. The second kappa shape index (κ2) is 9.02. The summed E-state index contributed by atoms with van der Waals surface area (Å²) in [5.74, 6) is 0.116. The van der Waals surface area contributed by atoms with Crippen molar-refractivity contribution in [2.24, 2.45) is 0 Å². The summed E-state index contributed by atoms with van der Waals surface area (Å²) in [4.78, 5) is 24.5. The van der Waals surface area contributed by atoms with E-state index in [-0.39, 0.29) is 18.6 Å². The maximum atomic E-state index is 12.3. The molecule has 2 rings (SSSR count). The number of rotatable bonds is 8. The summed E-state index contributed by atoms with van der Waals surface area (Å²) in [6, 6.07) is 4.46. The van der Waals surface area contributed by atoms with Crippen molar-refractivity contribution in [3.05, 3.63) is 35.2 Å². The van der Waals surface area contributed by atoms with Gasteiger partial charge in [-0.1, -0.05) is 18.2 Å². The van der Waals surface area contributed by atoms with E-state index >= 15 is 0 Å². The van der Waals surface area contributed by atoms with E-state index in [0.717, 1.165) is 5.41 Å².